The molecule has 0 saturated heterocycles. The standard InChI is InChI=1S/C11H15Cl.H3N/c1-2-6-11(12)9-10-7-4-3-5-8-10;/h3-5,7-8,11H,2,6,9H2,1H3;1H3. The molecule has 0 heterocycles. The molecule has 0 fully saturated rings. The van der Waals surface area contributed by atoms with E-state index in [1.165, 1.54) is 12.0 Å². The number of benzene rings is 1. The third-order valence-electron chi connectivity index (χ3n) is 1.90. The highest BCUT2D eigenvalue weighted by atomic mass is 35.5. The predicted octanol–water partition coefficient (Wildman–Crippen LogP) is 3.80. The molecule has 0 bridgehead atoms. The average molecular weight is 200 g/mol. The summed E-state index contributed by atoms with van der Waals surface area (Å²) < 4.78 is 0. The minimum atomic E-state index is 0. The zero-order chi connectivity index (χ0) is 8.81. The quantitative estimate of drug-likeness (QED) is 0.736. The Balaban J connectivity index is 0.00000144. The fraction of sp³-hybridized carbons (Fsp3) is 0.455. The smallest absolute Gasteiger partial charge is 0.0376 e. The van der Waals surface area contributed by atoms with Crippen molar-refractivity contribution in [2.45, 2.75) is 31.6 Å². The topological polar surface area (TPSA) is 35.0 Å². The maximum absolute atomic E-state index is 6.12. The van der Waals surface area contributed by atoms with E-state index in [4.69, 9.17) is 11.6 Å². The van der Waals surface area contributed by atoms with Crippen molar-refractivity contribution in [2.75, 3.05) is 0 Å². The molecular formula is C11H18ClN. The summed E-state index contributed by atoms with van der Waals surface area (Å²) in [5, 5.41) is 0.303. The lowest BCUT2D eigenvalue weighted by molar-refractivity contribution is 0.726. The fourth-order valence-corrected chi connectivity index (χ4v) is 1.68. The zero-order valence-electron chi connectivity index (χ0n) is 8.17. The molecule has 0 aliphatic rings. The Hall–Kier alpha value is -0.530. The van der Waals surface area contributed by atoms with Crippen LogP contribution in [0, 0.1) is 0 Å². The molecule has 2 heteroatoms. The van der Waals surface area contributed by atoms with E-state index in [0.29, 0.717) is 5.38 Å². The molecule has 1 aromatic carbocycles. The van der Waals surface area contributed by atoms with Crippen molar-refractivity contribution in [1.29, 1.82) is 0 Å². The second-order valence-corrected chi connectivity index (χ2v) is 3.69. The largest absolute Gasteiger partial charge is 0.344 e. The summed E-state index contributed by atoms with van der Waals surface area (Å²) in [6.07, 6.45) is 3.27. The van der Waals surface area contributed by atoms with Crippen molar-refractivity contribution in [3.63, 3.8) is 0 Å². The lowest BCUT2D eigenvalue weighted by Crippen LogP contribution is -2.01. The number of halogens is 1. The second kappa shape index (κ2) is 6.93. The number of hydrogen-bond donors (Lipinski definition) is 1. The van der Waals surface area contributed by atoms with Crippen molar-refractivity contribution >= 4 is 11.6 Å². The lowest BCUT2D eigenvalue weighted by Gasteiger charge is -2.06. The summed E-state index contributed by atoms with van der Waals surface area (Å²) in [5.41, 5.74) is 1.34. The van der Waals surface area contributed by atoms with Crippen LogP contribution in [0.15, 0.2) is 30.3 Å². The molecule has 0 aromatic heterocycles. The summed E-state index contributed by atoms with van der Waals surface area (Å²) in [7, 11) is 0. The van der Waals surface area contributed by atoms with E-state index in [1.807, 2.05) is 6.07 Å². The van der Waals surface area contributed by atoms with E-state index in [0.717, 1.165) is 12.8 Å². The van der Waals surface area contributed by atoms with Crippen molar-refractivity contribution in [2.24, 2.45) is 0 Å². The predicted molar refractivity (Wildman–Crippen MR) is 59.7 cm³/mol. The summed E-state index contributed by atoms with van der Waals surface area (Å²) in [4.78, 5) is 0. The molecule has 0 aliphatic carbocycles. The third kappa shape index (κ3) is 4.91. The zero-order valence-corrected chi connectivity index (χ0v) is 8.93. The molecule has 1 aromatic rings. The summed E-state index contributed by atoms with van der Waals surface area (Å²) in [6, 6.07) is 10.4. The van der Waals surface area contributed by atoms with Gasteiger partial charge in [-0.3, -0.25) is 0 Å². The van der Waals surface area contributed by atoms with E-state index in [2.05, 4.69) is 31.2 Å². The number of hydrogen-bond acceptors (Lipinski definition) is 1. The minimum absolute atomic E-state index is 0. The first kappa shape index (κ1) is 12.5. The summed E-state index contributed by atoms with van der Waals surface area (Å²) in [6.45, 7) is 2.17. The molecule has 13 heavy (non-hydrogen) atoms. The second-order valence-electron chi connectivity index (χ2n) is 3.08. The van der Waals surface area contributed by atoms with E-state index in [-0.39, 0.29) is 6.15 Å². The number of rotatable bonds is 4. The van der Waals surface area contributed by atoms with Crippen molar-refractivity contribution in [1.82, 2.24) is 6.15 Å². The van der Waals surface area contributed by atoms with Gasteiger partial charge in [0.25, 0.3) is 0 Å². The van der Waals surface area contributed by atoms with Crippen molar-refractivity contribution in [3.05, 3.63) is 35.9 Å². The molecule has 74 valence electrons. The van der Waals surface area contributed by atoms with E-state index in [9.17, 15) is 0 Å². The fourth-order valence-electron chi connectivity index (χ4n) is 1.29. The van der Waals surface area contributed by atoms with Gasteiger partial charge in [-0.2, -0.15) is 0 Å². The molecule has 0 radical (unpaired) electrons. The van der Waals surface area contributed by atoms with Crippen LogP contribution in [0.1, 0.15) is 25.3 Å². The van der Waals surface area contributed by atoms with Crippen LogP contribution in [0.5, 0.6) is 0 Å². The Morgan fingerprint density at radius 2 is 1.85 bits per heavy atom. The first-order valence-electron chi connectivity index (χ1n) is 4.51. The molecule has 0 spiro atoms. The van der Waals surface area contributed by atoms with Gasteiger partial charge in [-0.1, -0.05) is 43.7 Å². The Bertz CT molecular complexity index is 211. The monoisotopic (exact) mass is 199 g/mol. The van der Waals surface area contributed by atoms with Crippen molar-refractivity contribution in [3.8, 4) is 0 Å². The first-order chi connectivity index (χ1) is 5.83. The molecule has 1 nitrogen and oxygen atoms in total. The van der Waals surface area contributed by atoms with Crippen LogP contribution < -0.4 is 6.15 Å². The van der Waals surface area contributed by atoms with E-state index >= 15 is 0 Å². The molecule has 3 N–H and O–H groups in total. The first-order valence-corrected chi connectivity index (χ1v) is 4.94. The highest BCUT2D eigenvalue weighted by molar-refractivity contribution is 6.20. The van der Waals surface area contributed by atoms with Gasteiger partial charge in [-0.15, -0.1) is 11.6 Å². The molecule has 1 rings (SSSR count). The van der Waals surface area contributed by atoms with Crippen LogP contribution in [-0.2, 0) is 6.42 Å². The third-order valence-corrected chi connectivity index (χ3v) is 2.27. The Labute approximate surface area is 85.7 Å². The summed E-state index contributed by atoms with van der Waals surface area (Å²) >= 11 is 6.12. The van der Waals surface area contributed by atoms with Gasteiger partial charge < -0.3 is 6.15 Å². The van der Waals surface area contributed by atoms with Crippen LogP contribution in [0.4, 0.5) is 0 Å². The van der Waals surface area contributed by atoms with Crippen LogP contribution in [0.3, 0.4) is 0 Å². The lowest BCUT2D eigenvalue weighted by atomic mass is 10.1. The van der Waals surface area contributed by atoms with Crippen LogP contribution >= 0.6 is 11.6 Å². The van der Waals surface area contributed by atoms with Gasteiger partial charge in [0.2, 0.25) is 0 Å². The Kier molecular flexibility index (Phi) is 6.65. The summed E-state index contributed by atoms with van der Waals surface area (Å²) in [5.74, 6) is 0. The van der Waals surface area contributed by atoms with Crippen LogP contribution in [0.25, 0.3) is 0 Å². The van der Waals surface area contributed by atoms with Crippen LogP contribution in [0.2, 0.25) is 0 Å². The number of alkyl halides is 1. The van der Waals surface area contributed by atoms with Gasteiger partial charge in [-0.05, 0) is 18.4 Å². The van der Waals surface area contributed by atoms with E-state index < -0.39 is 0 Å². The van der Waals surface area contributed by atoms with Gasteiger partial charge in [0.05, 0.1) is 0 Å². The van der Waals surface area contributed by atoms with Gasteiger partial charge in [-0.25, -0.2) is 0 Å². The molecule has 1 unspecified atom stereocenters. The Morgan fingerprint density at radius 1 is 1.23 bits per heavy atom. The molecule has 0 saturated carbocycles. The molecule has 1 atom stereocenters. The molecule has 0 amide bonds. The molecule has 0 aliphatic heterocycles. The van der Waals surface area contributed by atoms with Gasteiger partial charge in [0, 0.05) is 5.38 Å². The van der Waals surface area contributed by atoms with Gasteiger partial charge in [0.15, 0.2) is 0 Å². The normalized spacial score (nSPS) is 11.8. The maximum Gasteiger partial charge on any atom is 0.0376 e. The van der Waals surface area contributed by atoms with Gasteiger partial charge in [0.1, 0.15) is 0 Å². The maximum atomic E-state index is 6.12. The van der Waals surface area contributed by atoms with Crippen LogP contribution in [-0.4, -0.2) is 5.38 Å². The highest BCUT2D eigenvalue weighted by Gasteiger charge is 2.03. The minimum Gasteiger partial charge on any atom is -0.344 e. The highest BCUT2D eigenvalue weighted by Crippen LogP contribution is 2.12. The molecular weight excluding hydrogens is 182 g/mol. The average Bonchev–Trinajstić information content (AvgIpc) is 2.06. The van der Waals surface area contributed by atoms with E-state index in [1.54, 1.807) is 0 Å². The van der Waals surface area contributed by atoms with Crippen molar-refractivity contribution < 1.29 is 0 Å². The SMILES string of the molecule is CCCC(Cl)Cc1ccccc1.N. The Morgan fingerprint density at radius 3 is 2.38 bits per heavy atom. The van der Waals surface area contributed by atoms with Gasteiger partial charge >= 0.3 is 0 Å².